The quantitative estimate of drug-likeness (QED) is 0.227. The van der Waals surface area contributed by atoms with E-state index in [1.807, 2.05) is 6.26 Å². The summed E-state index contributed by atoms with van der Waals surface area (Å²) < 4.78 is 0. The van der Waals surface area contributed by atoms with Gasteiger partial charge in [0.05, 0.1) is 6.54 Å². The van der Waals surface area contributed by atoms with Gasteiger partial charge in [0.2, 0.25) is 5.96 Å². The number of thioether (sulfide) groups is 1. The minimum Gasteiger partial charge on any atom is -0.369 e. The van der Waals surface area contributed by atoms with Crippen LogP contribution in [0.4, 0.5) is 0 Å². The number of guanidine groups is 1. The van der Waals surface area contributed by atoms with Crippen LogP contribution in [0.15, 0.2) is 4.99 Å². The molecule has 0 aromatic carbocycles. The van der Waals surface area contributed by atoms with Gasteiger partial charge in [-0.25, -0.2) is 5.84 Å². The molecule has 0 amide bonds. The Morgan fingerprint density at radius 1 is 1.80 bits per heavy atom. The molecule has 0 rings (SSSR count). The van der Waals surface area contributed by atoms with Crippen molar-refractivity contribution in [2.45, 2.75) is 12.2 Å². The van der Waals surface area contributed by atoms with Gasteiger partial charge in [0.25, 0.3) is 0 Å². The van der Waals surface area contributed by atoms with E-state index in [9.17, 15) is 0 Å². The summed E-state index contributed by atoms with van der Waals surface area (Å²) in [7, 11) is 0. The fraction of sp³-hybridized carbons (Fsp3) is 0.800. The molecule has 0 radical (unpaired) electrons. The molecule has 5 heteroatoms. The molecule has 0 aliphatic carbocycles. The van der Waals surface area contributed by atoms with E-state index in [2.05, 4.69) is 17.3 Å². The second kappa shape index (κ2) is 5.37. The van der Waals surface area contributed by atoms with Gasteiger partial charge >= 0.3 is 0 Å². The van der Waals surface area contributed by atoms with Gasteiger partial charge < -0.3 is 5.73 Å². The van der Waals surface area contributed by atoms with Crippen LogP contribution in [0.1, 0.15) is 6.92 Å². The Morgan fingerprint density at radius 2 is 2.40 bits per heavy atom. The smallest absolute Gasteiger partial charge is 0.203 e. The van der Waals surface area contributed by atoms with E-state index in [1.54, 1.807) is 11.8 Å². The van der Waals surface area contributed by atoms with Crippen molar-refractivity contribution in [3.05, 3.63) is 0 Å². The third kappa shape index (κ3) is 4.46. The van der Waals surface area contributed by atoms with Crippen LogP contribution in [-0.2, 0) is 0 Å². The third-order valence-corrected chi connectivity index (χ3v) is 2.02. The molecule has 5 N–H and O–H groups in total. The summed E-state index contributed by atoms with van der Waals surface area (Å²) in [5, 5.41) is 0.492. The van der Waals surface area contributed by atoms with Gasteiger partial charge in [-0.15, -0.1) is 0 Å². The van der Waals surface area contributed by atoms with Crippen LogP contribution in [0.2, 0.25) is 0 Å². The van der Waals surface area contributed by atoms with Crippen LogP contribution in [-0.4, -0.2) is 24.0 Å². The molecule has 0 aromatic heterocycles. The fourth-order valence-electron chi connectivity index (χ4n) is 0.347. The molecule has 10 heavy (non-hydrogen) atoms. The fourth-order valence-corrected chi connectivity index (χ4v) is 0.571. The first-order valence-corrected chi connectivity index (χ1v) is 4.28. The number of hydrogen-bond donors (Lipinski definition) is 3. The minimum atomic E-state index is 0.293. The summed E-state index contributed by atoms with van der Waals surface area (Å²) in [6.07, 6.45) is 2.03. The van der Waals surface area contributed by atoms with E-state index in [1.165, 1.54) is 0 Å². The minimum absolute atomic E-state index is 0.293. The van der Waals surface area contributed by atoms with Crippen LogP contribution in [0.3, 0.4) is 0 Å². The zero-order chi connectivity index (χ0) is 7.98. The maximum atomic E-state index is 5.28. The number of hydrogen-bond acceptors (Lipinski definition) is 3. The molecule has 0 aromatic rings. The molecule has 1 unspecified atom stereocenters. The molecule has 0 fully saturated rings. The molecular weight excluding hydrogens is 148 g/mol. The Morgan fingerprint density at radius 3 is 2.80 bits per heavy atom. The highest BCUT2D eigenvalue weighted by Gasteiger charge is 1.95. The molecule has 1 atom stereocenters. The van der Waals surface area contributed by atoms with Gasteiger partial charge in [-0.05, 0) is 6.26 Å². The van der Waals surface area contributed by atoms with E-state index in [4.69, 9.17) is 11.6 Å². The molecule has 0 saturated heterocycles. The molecule has 0 aliphatic rings. The van der Waals surface area contributed by atoms with Crippen molar-refractivity contribution in [1.29, 1.82) is 0 Å². The predicted molar refractivity (Wildman–Crippen MR) is 46.8 cm³/mol. The van der Waals surface area contributed by atoms with Gasteiger partial charge in [0, 0.05) is 5.25 Å². The molecule has 0 saturated carbocycles. The van der Waals surface area contributed by atoms with E-state index in [0.717, 1.165) is 0 Å². The van der Waals surface area contributed by atoms with Gasteiger partial charge in [0.1, 0.15) is 0 Å². The zero-order valence-electron chi connectivity index (χ0n) is 6.29. The Balaban J connectivity index is 3.50. The molecule has 0 spiro atoms. The SMILES string of the molecule is CSC(C)CN=C(N)NN. The van der Waals surface area contributed by atoms with Crippen molar-refractivity contribution in [2.75, 3.05) is 12.8 Å². The summed E-state index contributed by atoms with van der Waals surface area (Å²) in [6, 6.07) is 0. The third-order valence-electron chi connectivity index (χ3n) is 1.07. The average molecular weight is 162 g/mol. The Labute approximate surface area is 65.4 Å². The van der Waals surface area contributed by atoms with Gasteiger partial charge in [-0.3, -0.25) is 10.4 Å². The zero-order valence-corrected chi connectivity index (χ0v) is 7.11. The maximum absolute atomic E-state index is 5.28. The lowest BCUT2D eigenvalue weighted by atomic mass is 10.5. The van der Waals surface area contributed by atoms with Crippen molar-refractivity contribution in [3.63, 3.8) is 0 Å². The second-order valence-corrected chi connectivity index (χ2v) is 3.19. The molecule has 60 valence electrons. The van der Waals surface area contributed by atoms with E-state index in [0.29, 0.717) is 17.8 Å². The number of nitrogens with two attached hydrogens (primary N) is 2. The van der Waals surface area contributed by atoms with Crippen LogP contribution < -0.4 is 17.0 Å². The molecule has 0 heterocycles. The first-order chi connectivity index (χ1) is 4.70. The van der Waals surface area contributed by atoms with E-state index < -0.39 is 0 Å². The highest BCUT2D eigenvalue weighted by Crippen LogP contribution is 2.03. The van der Waals surface area contributed by atoms with Crippen molar-refractivity contribution < 1.29 is 0 Å². The van der Waals surface area contributed by atoms with E-state index in [-0.39, 0.29) is 0 Å². The van der Waals surface area contributed by atoms with Crippen molar-refractivity contribution in [3.8, 4) is 0 Å². The number of nitrogens with zero attached hydrogens (tertiary/aromatic N) is 1. The van der Waals surface area contributed by atoms with Crippen molar-refractivity contribution in [2.24, 2.45) is 16.6 Å². The van der Waals surface area contributed by atoms with Crippen LogP contribution in [0.5, 0.6) is 0 Å². The van der Waals surface area contributed by atoms with Crippen LogP contribution >= 0.6 is 11.8 Å². The van der Waals surface area contributed by atoms with Gasteiger partial charge in [-0.2, -0.15) is 11.8 Å². The Bertz CT molecular complexity index is 114. The topological polar surface area (TPSA) is 76.4 Å². The Hall–Kier alpha value is -0.420. The van der Waals surface area contributed by atoms with Crippen molar-refractivity contribution >= 4 is 17.7 Å². The van der Waals surface area contributed by atoms with Crippen LogP contribution in [0.25, 0.3) is 0 Å². The summed E-state index contributed by atoms with van der Waals surface area (Å²) >= 11 is 1.75. The number of rotatable bonds is 3. The highest BCUT2D eigenvalue weighted by atomic mass is 32.2. The van der Waals surface area contributed by atoms with Crippen LogP contribution in [0, 0.1) is 0 Å². The monoisotopic (exact) mass is 162 g/mol. The first-order valence-electron chi connectivity index (χ1n) is 3.00. The number of aliphatic imine (C=N–C) groups is 1. The molecular formula is C5H14N4S. The normalized spacial score (nSPS) is 14.9. The average Bonchev–Trinajstić information content (AvgIpc) is 1.99. The number of nitrogens with one attached hydrogen (secondary N) is 1. The first kappa shape index (κ1) is 9.58. The molecule has 0 aliphatic heterocycles. The standard InChI is InChI=1S/C5H14N4S/c1-4(10-2)3-8-5(6)9-7/h4H,3,7H2,1-2H3,(H3,6,8,9). The lowest BCUT2D eigenvalue weighted by Crippen LogP contribution is -2.37. The largest absolute Gasteiger partial charge is 0.369 e. The number of hydrazine groups is 1. The summed E-state index contributed by atoms with van der Waals surface area (Å²) in [4.78, 5) is 3.95. The molecule has 4 nitrogen and oxygen atoms in total. The highest BCUT2D eigenvalue weighted by molar-refractivity contribution is 7.99. The lowest BCUT2D eigenvalue weighted by molar-refractivity contribution is 0.915. The summed E-state index contributed by atoms with van der Waals surface area (Å²) in [5.74, 6) is 5.28. The second-order valence-electron chi connectivity index (χ2n) is 1.92. The maximum Gasteiger partial charge on any atom is 0.203 e. The summed E-state index contributed by atoms with van der Waals surface area (Å²) in [5.41, 5.74) is 7.54. The predicted octanol–water partition coefficient (Wildman–Crippen LogP) is -0.484. The van der Waals surface area contributed by atoms with E-state index >= 15 is 0 Å². The van der Waals surface area contributed by atoms with Gasteiger partial charge in [0.15, 0.2) is 0 Å². The van der Waals surface area contributed by atoms with Crippen molar-refractivity contribution in [1.82, 2.24) is 5.43 Å². The summed E-state index contributed by atoms with van der Waals surface area (Å²) in [6.45, 7) is 2.79. The Kier molecular flexibility index (Phi) is 5.15. The molecule has 0 bridgehead atoms. The van der Waals surface area contributed by atoms with Gasteiger partial charge in [-0.1, -0.05) is 6.92 Å². The lowest BCUT2D eigenvalue weighted by Gasteiger charge is -2.03.